The average Bonchev–Trinajstić information content (AvgIpc) is 3.36. The van der Waals surface area contributed by atoms with Gasteiger partial charge in [0.1, 0.15) is 23.8 Å². The molecule has 2 unspecified atom stereocenters. The third-order valence-electron chi connectivity index (χ3n) is 5.09. The molecule has 1 fully saturated rings. The predicted octanol–water partition coefficient (Wildman–Crippen LogP) is 5.31. The molecule has 11 heteroatoms. The summed E-state index contributed by atoms with van der Waals surface area (Å²) in [6.45, 7) is 7.52. The summed E-state index contributed by atoms with van der Waals surface area (Å²) in [5, 5.41) is 9.39. The van der Waals surface area contributed by atoms with Crippen LogP contribution in [0.3, 0.4) is 0 Å². The summed E-state index contributed by atoms with van der Waals surface area (Å²) in [6, 6.07) is 6.21. The molecule has 1 aliphatic heterocycles. The van der Waals surface area contributed by atoms with Crippen molar-refractivity contribution in [2.24, 2.45) is 5.73 Å². The maximum absolute atomic E-state index is 13.4. The summed E-state index contributed by atoms with van der Waals surface area (Å²) in [6.07, 6.45) is 1.01. The van der Waals surface area contributed by atoms with Gasteiger partial charge in [-0.25, -0.2) is 4.68 Å². The van der Waals surface area contributed by atoms with Crippen molar-refractivity contribution >= 4 is 29.0 Å². The lowest BCUT2D eigenvalue weighted by Crippen LogP contribution is -2.26. The van der Waals surface area contributed by atoms with Crippen LogP contribution in [-0.2, 0) is 10.9 Å². The lowest BCUT2D eigenvalue weighted by atomic mass is 10.0. The fourth-order valence-electron chi connectivity index (χ4n) is 3.38. The van der Waals surface area contributed by atoms with Gasteiger partial charge in [0.25, 0.3) is 5.91 Å². The van der Waals surface area contributed by atoms with E-state index in [0.29, 0.717) is 27.6 Å². The van der Waals surface area contributed by atoms with Crippen molar-refractivity contribution in [1.29, 1.82) is 0 Å². The minimum Gasteiger partial charge on any atom is -0.382 e. The number of hydrogen-bond acceptors (Lipinski definition) is 5. The second-order valence-electron chi connectivity index (χ2n) is 8.23. The number of hydrogen-bond donors (Lipinski definition) is 3. The summed E-state index contributed by atoms with van der Waals surface area (Å²) < 4.78 is 46.7. The molecule has 1 aromatic heterocycles. The zero-order chi connectivity index (χ0) is 25.9. The number of allylic oxidation sites excluding steroid dienone is 5. The van der Waals surface area contributed by atoms with E-state index in [0.717, 1.165) is 0 Å². The van der Waals surface area contributed by atoms with Crippen molar-refractivity contribution in [2.75, 3.05) is 5.32 Å². The molecule has 0 spiro atoms. The number of para-hydroxylation sites is 1. The highest BCUT2D eigenvalue weighted by Gasteiger charge is 2.42. The molecule has 3 rings (SSSR count). The summed E-state index contributed by atoms with van der Waals surface area (Å²) >= 11 is 6.16. The van der Waals surface area contributed by atoms with Crippen molar-refractivity contribution in [2.45, 2.75) is 52.2 Å². The number of nitrogens with two attached hydrogens (primary N) is 1. The predicted molar refractivity (Wildman–Crippen MR) is 129 cm³/mol. The van der Waals surface area contributed by atoms with Crippen LogP contribution in [0.25, 0.3) is 5.82 Å². The van der Waals surface area contributed by atoms with Gasteiger partial charge in [-0.2, -0.15) is 18.3 Å². The number of aryl methyl sites for hydroxylation is 1. The Hall–Kier alpha value is -3.08. The molecule has 0 radical (unpaired) electrons. The number of ether oxygens (including phenoxy) is 1. The minimum absolute atomic E-state index is 0.0838. The van der Waals surface area contributed by atoms with Crippen LogP contribution in [0.2, 0.25) is 0 Å². The van der Waals surface area contributed by atoms with E-state index in [9.17, 15) is 18.0 Å². The maximum Gasteiger partial charge on any atom is 0.435 e. The minimum atomic E-state index is -4.79. The van der Waals surface area contributed by atoms with Gasteiger partial charge in [0.05, 0.1) is 5.03 Å². The highest BCUT2D eigenvalue weighted by atomic mass is 35.5. The molecule has 0 aliphatic carbocycles. The Balaban J connectivity index is 1.99. The zero-order valence-electron chi connectivity index (χ0n) is 19.7. The number of nitrogens with one attached hydrogen (secondary N) is 2. The molecule has 1 saturated heterocycles. The number of benzene rings is 1. The van der Waals surface area contributed by atoms with Crippen LogP contribution in [0, 0.1) is 6.92 Å². The number of anilines is 1. The Morgan fingerprint density at radius 2 is 2.03 bits per heavy atom. The Morgan fingerprint density at radius 1 is 1.31 bits per heavy atom. The van der Waals surface area contributed by atoms with E-state index in [1.54, 1.807) is 44.2 Å². The van der Waals surface area contributed by atoms with E-state index in [2.05, 4.69) is 15.7 Å². The van der Waals surface area contributed by atoms with Crippen LogP contribution < -0.4 is 16.4 Å². The first-order chi connectivity index (χ1) is 16.4. The molecule has 1 aromatic carbocycles. The van der Waals surface area contributed by atoms with Crippen molar-refractivity contribution in [3.63, 3.8) is 0 Å². The summed E-state index contributed by atoms with van der Waals surface area (Å²) in [5.41, 5.74) is 6.16. The lowest BCUT2D eigenvalue weighted by Gasteiger charge is -2.14. The Kier molecular flexibility index (Phi) is 8.09. The van der Waals surface area contributed by atoms with Crippen LogP contribution in [0.15, 0.2) is 53.6 Å². The molecule has 2 atom stereocenters. The van der Waals surface area contributed by atoms with E-state index in [4.69, 9.17) is 22.1 Å². The molecule has 4 N–H and O–H groups in total. The van der Waals surface area contributed by atoms with Crippen LogP contribution >= 0.6 is 11.6 Å². The quantitative estimate of drug-likeness (QED) is 0.331. The van der Waals surface area contributed by atoms with Gasteiger partial charge in [0, 0.05) is 23.4 Å². The number of halogens is 4. The van der Waals surface area contributed by atoms with Gasteiger partial charge in [0.2, 0.25) is 0 Å². The van der Waals surface area contributed by atoms with Gasteiger partial charge in [0.15, 0.2) is 5.69 Å². The normalized spacial score (nSPS) is 19.0. The molecule has 2 aromatic rings. The summed E-state index contributed by atoms with van der Waals surface area (Å²) in [7, 11) is 0. The van der Waals surface area contributed by atoms with Gasteiger partial charge in [-0.1, -0.05) is 48.0 Å². The monoisotopic (exact) mass is 509 g/mol. The van der Waals surface area contributed by atoms with E-state index in [1.165, 1.54) is 6.08 Å². The topological polar surface area (TPSA) is 97.5 Å². The maximum atomic E-state index is 13.4. The fourth-order valence-corrected chi connectivity index (χ4v) is 3.54. The first kappa shape index (κ1) is 26.5. The molecule has 0 bridgehead atoms. The van der Waals surface area contributed by atoms with Crippen LogP contribution in [0.4, 0.5) is 18.9 Å². The molecule has 188 valence electrons. The van der Waals surface area contributed by atoms with Crippen molar-refractivity contribution < 1.29 is 22.7 Å². The van der Waals surface area contributed by atoms with E-state index >= 15 is 0 Å². The van der Waals surface area contributed by atoms with E-state index < -0.39 is 23.5 Å². The van der Waals surface area contributed by atoms with Crippen molar-refractivity contribution in [3.8, 4) is 0 Å². The third-order valence-corrected chi connectivity index (χ3v) is 5.41. The Bertz CT molecular complexity index is 1180. The number of rotatable bonds is 8. The molecule has 35 heavy (non-hydrogen) atoms. The number of aromatic nitrogens is 2. The number of carbonyl (C=O) groups is 1. The van der Waals surface area contributed by atoms with Crippen molar-refractivity contribution in [1.82, 2.24) is 15.1 Å². The first-order valence-electron chi connectivity index (χ1n) is 10.9. The summed E-state index contributed by atoms with van der Waals surface area (Å²) in [4.78, 5) is 13.2. The fraction of sp³-hybridized carbons (Fsp3) is 0.333. The zero-order valence-corrected chi connectivity index (χ0v) is 20.4. The molecule has 0 saturated carbocycles. The number of alkyl halides is 3. The molecule has 1 amide bonds. The lowest BCUT2D eigenvalue weighted by molar-refractivity contribution is -0.141. The average molecular weight is 510 g/mol. The second-order valence-corrected chi connectivity index (χ2v) is 8.64. The smallest absolute Gasteiger partial charge is 0.382 e. The third kappa shape index (κ3) is 6.33. The largest absolute Gasteiger partial charge is 0.435 e. The van der Waals surface area contributed by atoms with E-state index in [1.807, 2.05) is 19.9 Å². The van der Waals surface area contributed by atoms with Crippen LogP contribution in [0.5, 0.6) is 0 Å². The summed E-state index contributed by atoms with van der Waals surface area (Å²) in [5.74, 6) is -1.16. The first-order valence-corrected chi connectivity index (χ1v) is 11.3. The SMILES string of the molecule is C\C=C/C=C\C(Cl)=C(/N)n1nc(C(F)(F)F)cc1C(=O)Nc1c(C)cccc1C1OC1NC(C)C. The number of epoxide rings is 1. The van der Waals surface area contributed by atoms with Crippen molar-refractivity contribution in [3.05, 3.63) is 76.1 Å². The Labute approximate surface area is 206 Å². The second kappa shape index (κ2) is 10.7. The molecule has 1 aliphatic rings. The standard InChI is InChI=1S/C24H27ClF3N5O2/c1-5-6-7-11-16(25)21(29)33-17(12-18(32-33)24(26,27)28)22(34)31-19-14(4)9-8-10-15(19)20-23(35-20)30-13(2)3/h5-13,20,23,30H,29H2,1-4H3,(H,31,34)/b6-5-,11-7-,21-16-. The van der Waals surface area contributed by atoms with E-state index in [-0.39, 0.29) is 29.2 Å². The highest BCUT2D eigenvalue weighted by molar-refractivity contribution is 6.33. The number of amides is 1. The number of carbonyl (C=O) groups excluding carboxylic acids is 1. The van der Waals surface area contributed by atoms with Crippen LogP contribution in [0.1, 0.15) is 54.2 Å². The van der Waals surface area contributed by atoms with Gasteiger partial charge >= 0.3 is 6.18 Å². The van der Waals surface area contributed by atoms with Gasteiger partial charge in [-0.05, 0) is 39.3 Å². The van der Waals surface area contributed by atoms with Crippen LogP contribution in [-0.4, -0.2) is 28.0 Å². The molecular weight excluding hydrogens is 483 g/mol. The molecule has 7 nitrogen and oxygen atoms in total. The highest BCUT2D eigenvalue weighted by Crippen LogP contribution is 2.42. The number of nitrogens with zero attached hydrogens (tertiary/aromatic N) is 2. The van der Waals surface area contributed by atoms with Gasteiger partial charge < -0.3 is 15.8 Å². The van der Waals surface area contributed by atoms with Gasteiger partial charge in [-0.15, -0.1) is 0 Å². The molecular formula is C24H27ClF3N5O2. The molecule has 2 heterocycles. The Morgan fingerprint density at radius 3 is 2.66 bits per heavy atom. The van der Waals surface area contributed by atoms with Gasteiger partial charge in [-0.3, -0.25) is 10.1 Å².